The summed E-state index contributed by atoms with van der Waals surface area (Å²) in [5, 5.41) is 3.11. The molecule has 0 atom stereocenters. The van der Waals surface area contributed by atoms with Crippen LogP contribution in [0.5, 0.6) is 0 Å². The van der Waals surface area contributed by atoms with E-state index in [1.54, 1.807) is 11.3 Å². The first-order chi connectivity index (χ1) is 8.11. The highest BCUT2D eigenvalue weighted by molar-refractivity contribution is 7.13. The Morgan fingerprint density at radius 2 is 2.12 bits per heavy atom. The number of aryl methyl sites for hydroxylation is 1. The van der Waals surface area contributed by atoms with Crippen LogP contribution in [-0.2, 0) is 6.54 Å². The van der Waals surface area contributed by atoms with Crippen molar-refractivity contribution in [3.05, 3.63) is 40.4 Å². The van der Waals surface area contributed by atoms with E-state index in [0.717, 1.165) is 10.7 Å². The summed E-state index contributed by atoms with van der Waals surface area (Å²) in [5.74, 6) is 0.545. The van der Waals surface area contributed by atoms with Gasteiger partial charge in [-0.25, -0.2) is 4.98 Å². The largest absolute Gasteiger partial charge is 0.325 e. The molecule has 0 aliphatic carbocycles. The van der Waals surface area contributed by atoms with Crippen LogP contribution in [0.2, 0.25) is 0 Å². The molecular weight excluding hydrogens is 228 g/mol. The monoisotopic (exact) mass is 246 g/mol. The van der Waals surface area contributed by atoms with Gasteiger partial charge in [0.2, 0.25) is 0 Å². The van der Waals surface area contributed by atoms with E-state index in [1.165, 1.54) is 16.7 Å². The number of aromatic nitrogens is 1. The second-order valence-corrected chi connectivity index (χ2v) is 5.44. The van der Waals surface area contributed by atoms with E-state index in [9.17, 15) is 0 Å². The van der Waals surface area contributed by atoms with Crippen molar-refractivity contribution in [1.82, 2.24) is 4.98 Å². The lowest BCUT2D eigenvalue weighted by Crippen LogP contribution is -1.96. The minimum absolute atomic E-state index is 0.513. The lowest BCUT2D eigenvalue weighted by Gasteiger charge is -2.09. The Balaban J connectivity index is 2.46. The molecule has 0 saturated heterocycles. The number of benzene rings is 1. The van der Waals surface area contributed by atoms with Crippen molar-refractivity contribution >= 4 is 11.3 Å². The van der Waals surface area contributed by atoms with Gasteiger partial charge in [0.15, 0.2) is 0 Å². The molecule has 17 heavy (non-hydrogen) atoms. The fourth-order valence-electron chi connectivity index (χ4n) is 1.75. The number of hydrogen-bond donors (Lipinski definition) is 1. The Bertz CT molecular complexity index is 515. The molecule has 1 heterocycles. The molecule has 0 fully saturated rings. The van der Waals surface area contributed by atoms with Gasteiger partial charge in [0.25, 0.3) is 0 Å². The summed E-state index contributed by atoms with van der Waals surface area (Å²) in [6.45, 7) is 7.06. The topological polar surface area (TPSA) is 38.9 Å². The fourth-order valence-corrected chi connectivity index (χ4v) is 2.67. The zero-order chi connectivity index (χ0) is 12.4. The van der Waals surface area contributed by atoms with Gasteiger partial charge in [0, 0.05) is 17.5 Å². The zero-order valence-corrected chi connectivity index (χ0v) is 11.3. The van der Waals surface area contributed by atoms with Crippen LogP contribution in [-0.4, -0.2) is 4.98 Å². The Hall–Kier alpha value is -1.19. The molecule has 2 aromatic rings. The maximum absolute atomic E-state index is 5.60. The Morgan fingerprint density at radius 3 is 2.71 bits per heavy atom. The van der Waals surface area contributed by atoms with Gasteiger partial charge in [-0.2, -0.15) is 0 Å². The highest BCUT2D eigenvalue weighted by Gasteiger charge is 2.09. The van der Waals surface area contributed by atoms with Crippen LogP contribution >= 0.6 is 11.3 Å². The normalized spacial score (nSPS) is 11.1. The number of hydrogen-bond acceptors (Lipinski definition) is 3. The third kappa shape index (κ3) is 2.56. The number of nitrogens with two attached hydrogens (primary N) is 1. The van der Waals surface area contributed by atoms with Gasteiger partial charge in [-0.1, -0.05) is 26.0 Å². The molecule has 0 unspecified atom stereocenters. The molecule has 2 rings (SSSR count). The molecule has 0 radical (unpaired) electrons. The third-order valence-corrected chi connectivity index (χ3v) is 3.84. The molecule has 0 aliphatic heterocycles. The van der Waals surface area contributed by atoms with Crippen molar-refractivity contribution in [2.24, 2.45) is 5.73 Å². The van der Waals surface area contributed by atoms with Crippen molar-refractivity contribution in [2.45, 2.75) is 33.2 Å². The number of rotatable bonds is 3. The van der Waals surface area contributed by atoms with E-state index >= 15 is 0 Å². The standard InChI is InChI=1S/C14H18N2S/c1-9(2)11-5-4-10(3)13(6-11)14-16-12(7-15)8-17-14/h4-6,8-9H,7,15H2,1-3H3. The predicted octanol–water partition coefficient (Wildman–Crippen LogP) is 3.70. The first-order valence-corrected chi connectivity index (χ1v) is 6.75. The van der Waals surface area contributed by atoms with E-state index in [2.05, 4.69) is 44.0 Å². The molecule has 0 bridgehead atoms. The number of thiazole rings is 1. The van der Waals surface area contributed by atoms with Gasteiger partial charge >= 0.3 is 0 Å². The highest BCUT2D eigenvalue weighted by Crippen LogP contribution is 2.29. The van der Waals surface area contributed by atoms with Crippen molar-refractivity contribution in [2.75, 3.05) is 0 Å². The maximum Gasteiger partial charge on any atom is 0.123 e. The summed E-state index contributed by atoms with van der Waals surface area (Å²) >= 11 is 1.67. The molecule has 0 amide bonds. The van der Waals surface area contributed by atoms with Crippen LogP contribution < -0.4 is 5.73 Å². The molecule has 1 aromatic carbocycles. The Morgan fingerprint density at radius 1 is 1.35 bits per heavy atom. The van der Waals surface area contributed by atoms with Crippen molar-refractivity contribution in [3.63, 3.8) is 0 Å². The molecule has 90 valence electrons. The SMILES string of the molecule is Cc1ccc(C(C)C)cc1-c1nc(CN)cs1. The van der Waals surface area contributed by atoms with Crippen LogP contribution in [0.1, 0.15) is 36.6 Å². The summed E-state index contributed by atoms with van der Waals surface area (Å²) < 4.78 is 0. The summed E-state index contributed by atoms with van der Waals surface area (Å²) in [7, 11) is 0. The average molecular weight is 246 g/mol. The highest BCUT2D eigenvalue weighted by atomic mass is 32.1. The molecule has 0 aliphatic rings. The van der Waals surface area contributed by atoms with E-state index < -0.39 is 0 Å². The van der Waals surface area contributed by atoms with E-state index in [4.69, 9.17) is 5.73 Å². The van der Waals surface area contributed by atoms with Gasteiger partial charge < -0.3 is 5.73 Å². The first-order valence-electron chi connectivity index (χ1n) is 5.87. The van der Waals surface area contributed by atoms with Crippen LogP contribution in [0.3, 0.4) is 0 Å². The van der Waals surface area contributed by atoms with Crippen LogP contribution in [0.4, 0.5) is 0 Å². The zero-order valence-electron chi connectivity index (χ0n) is 10.5. The number of nitrogens with zero attached hydrogens (tertiary/aromatic N) is 1. The average Bonchev–Trinajstić information content (AvgIpc) is 2.77. The van der Waals surface area contributed by atoms with Crippen molar-refractivity contribution in [3.8, 4) is 10.6 Å². The first kappa shape index (κ1) is 12.3. The van der Waals surface area contributed by atoms with Gasteiger partial charge in [-0.15, -0.1) is 11.3 Å². The van der Waals surface area contributed by atoms with Crippen molar-refractivity contribution in [1.29, 1.82) is 0 Å². The van der Waals surface area contributed by atoms with Gasteiger partial charge in [-0.05, 0) is 30.0 Å². The van der Waals surface area contributed by atoms with Gasteiger partial charge in [0.05, 0.1) is 5.69 Å². The van der Waals surface area contributed by atoms with Gasteiger partial charge in [-0.3, -0.25) is 0 Å². The van der Waals surface area contributed by atoms with E-state index in [-0.39, 0.29) is 0 Å². The second kappa shape index (κ2) is 4.98. The lowest BCUT2D eigenvalue weighted by atomic mass is 9.98. The molecular formula is C14H18N2S. The predicted molar refractivity (Wildman–Crippen MR) is 74.3 cm³/mol. The molecule has 2 N–H and O–H groups in total. The lowest BCUT2D eigenvalue weighted by molar-refractivity contribution is 0.866. The Kier molecular flexibility index (Phi) is 3.60. The summed E-state index contributed by atoms with van der Waals surface area (Å²) in [6, 6.07) is 6.62. The fraction of sp³-hybridized carbons (Fsp3) is 0.357. The van der Waals surface area contributed by atoms with E-state index in [0.29, 0.717) is 12.5 Å². The summed E-state index contributed by atoms with van der Waals surface area (Å²) in [5.41, 5.74) is 10.4. The summed E-state index contributed by atoms with van der Waals surface area (Å²) in [4.78, 5) is 4.55. The molecule has 1 aromatic heterocycles. The van der Waals surface area contributed by atoms with Crippen molar-refractivity contribution < 1.29 is 0 Å². The molecule has 3 heteroatoms. The van der Waals surface area contributed by atoms with E-state index in [1.807, 2.05) is 5.38 Å². The minimum Gasteiger partial charge on any atom is -0.325 e. The second-order valence-electron chi connectivity index (χ2n) is 4.58. The Labute approximate surface area is 107 Å². The minimum atomic E-state index is 0.513. The quantitative estimate of drug-likeness (QED) is 0.896. The third-order valence-electron chi connectivity index (χ3n) is 2.92. The molecule has 2 nitrogen and oxygen atoms in total. The van der Waals surface area contributed by atoms with Crippen LogP contribution in [0.25, 0.3) is 10.6 Å². The van der Waals surface area contributed by atoms with Crippen LogP contribution in [0.15, 0.2) is 23.6 Å². The summed E-state index contributed by atoms with van der Waals surface area (Å²) in [6.07, 6.45) is 0. The molecule has 0 saturated carbocycles. The maximum atomic E-state index is 5.60. The molecule has 0 spiro atoms. The van der Waals surface area contributed by atoms with Gasteiger partial charge in [0.1, 0.15) is 5.01 Å². The smallest absolute Gasteiger partial charge is 0.123 e. The van der Waals surface area contributed by atoms with Crippen LogP contribution in [0, 0.1) is 6.92 Å².